The van der Waals surface area contributed by atoms with E-state index in [0.717, 1.165) is 5.56 Å². The molecule has 0 radical (unpaired) electrons. The molecule has 0 fully saturated rings. The SMILES string of the molecule is O=C(/C=C/c1ccc(O)cc1)NCC[C@H](O)C(=O)O. The molecule has 0 spiro atoms. The van der Waals surface area contributed by atoms with Crippen molar-refractivity contribution in [3.8, 4) is 5.75 Å². The fourth-order valence-electron chi connectivity index (χ4n) is 1.27. The average Bonchev–Trinajstić information content (AvgIpc) is 2.37. The van der Waals surface area contributed by atoms with Crippen molar-refractivity contribution >= 4 is 18.0 Å². The Morgan fingerprint density at radius 2 is 1.89 bits per heavy atom. The number of rotatable bonds is 6. The Labute approximate surface area is 110 Å². The molecule has 1 aromatic carbocycles. The number of phenols is 1. The second kappa shape index (κ2) is 7.17. The minimum absolute atomic E-state index is 0.0475. The van der Waals surface area contributed by atoms with Gasteiger partial charge in [0.1, 0.15) is 5.75 Å². The molecule has 6 nitrogen and oxygen atoms in total. The van der Waals surface area contributed by atoms with E-state index in [1.165, 1.54) is 18.2 Å². The van der Waals surface area contributed by atoms with E-state index in [-0.39, 0.29) is 24.6 Å². The predicted octanol–water partition coefficient (Wildman–Crippen LogP) is 0.357. The first-order valence-corrected chi connectivity index (χ1v) is 5.65. The number of aromatic hydroxyl groups is 1. The van der Waals surface area contributed by atoms with Crippen LogP contribution >= 0.6 is 0 Å². The first-order valence-electron chi connectivity index (χ1n) is 5.65. The van der Waals surface area contributed by atoms with E-state index < -0.39 is 12.1 Å². The van der Waals surface area contributed by atoms with E-state index in [4.69, 9.17) is 15.3 Å². The number of nitrogens with one attached hydrogen (secondary N) is 1. The molecule has 0 bridgehead atoms. The highest BCUT2D eigenvalue weighted by molar-refractivity contribution is 5.91. The molecular weight excluding hydrogens is 250 g/mol. The lowest BCUT2D eigenvalue weighted by Gasteiger charge is -2.05. The second-order valence-electron chi connectivity index (χ2n) is 3.86. The molecule has 1 atom stereocenters. The number of carbonyl (C=O) groups excluding carboxylic acids is 1. The molecule has 0 unspecified atom stereocenters. The highest BCUT2D eigenvalue weighted by atomic mass is 16.4. The first-order chi connectivity index (χ1) is 8.99. The fraction of sp³-hybridized carbons (Fsp3) is 0.231. The van der Waals surface area contributed by atoms with Gasteiger partial charge in [-0.1, -0.05) is 12.1 Å². The lowest BCUT2D eigenvalue weighted by atomic mass is 10.2. The van der Waals surface area contributed by atoms with Gasteiger partial charge in [0.2, 0.25) is 5.91 Å². The van der Waals surface area contributed by atoms with Crippen molar-refractivity contribution in [3.05, 3.63) is 35.9 Å². The van der Waals surface area contributed by atoms with Crippen LogP contribution in [0, 0.1) is 0 Å². The normalized spacial score (nSPS) is 12.3. The van der Waals surface area contributed by atoms with E-state index in [2.05, 4.69) is 5.32 Å². The summed E-state index contributed by atoms with van der Waals surface area (Å²) in [7, 11) is 0. The molecule has 0 aliphatic rings. The summed E-state index contributed by atoms with van der Waals surface area (Å²) in [4.78, 5) is 21.7. The van der Waals surface area contributed by atoms with Crippen LogP contribution in [-0.4, -0.2) is 39.8 Å². The zero-order valence-electron chi connectivity index (χ0n) is 10.1. The van der Waals surface area contributed by atoms with Crippen LogP contribution in [0.3, 0.4) is 0 Å². The van der Waals surface area contributed by atoms with Crippen LogP contribution in [0.25, 0.3) is 6.08 Å². The Morgan fingerprint density at radius 3 is 2.47 bits per heavy atom. The van der Waals surface area contributed by atoms with Gasteiger partial charge in [-0.3, -0.25) is 4.79 Å². The Kier molecular flexibility index (Phi) is 5.56. The van der Waals surface area contributed by atoms with Crippen LogP contribution < -0.4 is 5.32 Å². The van der Waals surface area contributed by atoms with E-state index in [0.29, 0.717) is 0 Å². The van der Waals surface area contributed by atoms with Crippen LogP contribution in [0.4, 0.5) is 0 Å². The minimum Gasteiger partial charge on any atom is -0.508 e. The van der Waals surface area contributed by atoms with Gasteiger partial charge in [0, 0.05) is 19.0 Å². The first kappa shape index (κ1) is 14.7. The number of aliphatic hydroxyl groups excluding tert-OH is 1. The van der Waals surface area contributed by atoms with Crippen molar-refractivity contribution in [3.63, 3.8) is 0 Å². The number of hydrogen-bond acceptors (Lipinski definition) is 4. The quantitative estimate of drug-likeness (QED) is 0.555. The molecule has 4 N–H and O–H groups in total. The lowest BCUT2D eigenvalue weighted by molar-refractivity contribution is -0.147. The smallest absolute Gasteiger partial charge is 0.332 e. The van der Waals surface area contributed by atoms with Gasteiger partial charge in [-0.15, -0.1) is 0 Å². The Morgan fingerprint density at radius 1 is 1.26 bits per heavy atom. The van der Waals surface area contributed by atoms with Gasteiger partial charge in [0.15, 0.2) is 6.10 Å². The number of aliphatic carboxylic acids is 1. The number of hydrogen-bond donors (Lipinski definition) is 4. The van der Waals surface area contributed by atoms with Gasteiger partial charge in [-0.25, -0.2) is 4.79 Å². The summed E-state index contributed by atoms with van der Waals surface area (Å²) < 4.78 is 0. The van der Waals surface area contributed by atoms with Crippen molar-refractivity contribution in [1.82, 2.24) is 5.32 Å². The van der Waals surface area contributed by atoms with Crippen LogP contribution in [0.1, 0.15) is 12.0 Å². The molecule has 19 heavy (non-hydrogen) atoms. The topological polar surface area (TPSA) is 107 Å². The standard InChI is InChI=1S/C13H15NO5/c15-10-4-1-9(2-5-10)3-6-12(17)14-8-7-11(16)13(18)19/h1-6,11,15-16H,7-8H2,(H,14,17)(H,18,19)/b6-3+/t11-/m0/s1. The van der Waals surface area contributed by atoms with Crippen molar-refractivity contribution in [2.45, 2.75) is 12.5 Å². The van der Waals surface area contributed by atoms with Gasteiger partial charge in [-0.05, 0) is 23.8 Å². The fourth-order valence-corrected chi connectivity index (χ4v) is 1.27. The number of benzene rings is 1. The molecule has 1 amide bonds. The zero-order chi connectivity index (χ0) is 14.3. The molecule has 102 valence electrons. The maximum atomic E-state index is 11.4. The van der Waals surface area contributed by atoms with Gasteiger partial charge < -0.3 is 20.6 Å². The second-order valence-corrected chi connectivity index (χ2v) is 3.86. The van der Waals surface area contributed by atoms with Crippen LogP contribution in [0.15, 0.2) is 30.3 Å². The molecule has 1 aromatic rings. The summed E-state index contributed by atoms with van der Waals surface area (Å²) in [6.07, 6.45) is 1.33. The Bertz CT molecular complexity index is 466. The van der Waals surface area contributed by atoms with E-state index in [9.17, 15) is 9.59 Å². The van der Waals surface area contributed by atoms with Crippen molar-refractivity contribution in [2.24, 2.45) is 0 Å². The van der Waals surface area contributed by atoms with Gasteiger partial charge >= 0.3 is 5.97 Å². The number of carboxylic acid groups (broad SMARTS) is 1. The predicted molar refractivity (Wildman–Crippen MR) is 68.4 cm³/mol. The molecule has 0 saturated heterocycles. The molecule has 6 heteroatoms. The molecule has 0 aliphatic heterocycles. The highest BCUT2D eigenvalue weighted by Crippen LogP contribution is 2.10. The average molecular weight is 265 g/mol. The molecular formula is C13H15NO5. The van der Waals surface area contributed by atoms with Crippen molar-refractivity contribution in [2.75, 3.05) is 6.54 Å². The number of phenolic OH excluding ortho intramolecular Hbond substituents is 1. The number of amides is 1. The third kappa shape index (κ3) is 5.69. The highest BCUT2D eigenvalue weighted by Gasteiger charge is 2.12. The maximum Gasteiger partial charge on any atom is 0.332 e. The molecule has 0 saturated carbocycles. The van der Waals surface area contributed by atoms with Crippen molar-refractivity contribution in [1.29, 1.82) is 0 Å². The zero-order valence-corrected chi connectivity index (χ0v) is 10.1. The lowest BCUT2D eigenvalue weighted by Crippen LogP contribution is -2.28. The molecule has 0 heterocycles. The summed E-state index contributed by atoms with van der Waals surface area (Å²) in [5.74, 6) is -1.55. The maximum absolute atomic E-state index is 11.4. The summed E-state index contributed by atoms with van der Waals surface area (Å²) >= 11 is 0. The summed E-state index contributed by atoms with van der Waals surface area (Å²) in [6, 6.07) is 6.29. The van der Waals surface area contributed by atoms with Gasteiger partial charge in [0.05, 0.1) is 0 Å². The molecule has 0 aliphatic carbocycles. The summed E-state index contributed by atoms with van der Waals surface area (Å²) in [6.45, 7) is 0.0756. The largest absolute Gasteiger partial charge is 0.508 e. The Hall–Kier alpha value is -2.34. The van der Waals surface area contributed by atoms with Gasteiger partial charge in [-0.2, -0.15) is 0 Å². The monoisotopic (exact) mass is 265 g/mol. The summed E-state index contributed by atoms with van der Waals surface area (Å²) in [5.41, 5.74) is 0.749. The number of carbonyl (C=O) groups is 2. The van der Waals surface area contributed by atoms with Crippen LogP contribution in [0.2, 0.25) is 0 Å². The minimum atomic E-state index is -1.47. The van der Waals surface area contributed by atoms with Crippen molar-refractivity contribution < 1.29 is 24.9 Å². The summed E-state index contributed by atoms with van der Waals surface area (Å²) in [5, 5.41) is 28.9. The van der Waals surface area contributed by atoms with E-state index in [1.54, 1.807) is 18.2 Å². The van der Waals surface area contributed by atoms with Crippen LogP contribution in [-0.2, 0) is 9.59 Å². The molecule has 1 rings (SSSR count). The number of aliphatic hydroxyl groups is 1. The number of carboxylic acids is 1. The van der Waals surface area contributed by atoms with Gasteiger partial charge in [0.25, 0.3) is 0 Å². The third-order valence-corrected chi connectivity index (χ3v) is 2.32. The molecule has 0 aromatic heterocycles. The van der Waals surface area contributed by atoms with Crippen LogP contribution in [0.5, 0.6) is 5.75 Å². The Balaban J connectivity index is 2.35. The van der Waals surface area contributed by atoms with E-state index in [1.807, 2.05) is 0 Å². The third-order valence-electron chi connectivity index (χ3n) is 2.32. The van der Waals surface area contributed by atoms with E-state index >= 15 is 0 Å².